The Morgan fingerprint density at radius 2 is 0.458 bits per heavy atom. The largest absolute Gasteiger partial charge is 0.462 e. The molecule has 0 spiro atoms. The van der Waals surface area contributed by atoms with Crippen LogP contribution in [0.15, 0.2) is 12.2 Å². The van der Waals surface area contributed by atoms with Crippen molar-refractivity contribution in [2.75, 3.05) is 13.2 Å². The standard InChI is InChI=1S/C66H126O6/c1-4-7-10-13-16-19-22-24-25-26-27-28-29-30-31-32-33-34-35-36-37-38-39-40-41-42-43-45-47-50-53-56-59-65(68)71-62-63(61-70-64(67)58-55-52-49-46-21-18-15-12-9-6-3)72-66(69)60-57-54-51-48-44-23-20-17-14-11-8-5-2/h17,20,63H,4-16,18-19,21-62H2,1-3H3/b20-17-. The molecule has 0 bridgehead atoms. The second kappa shape index (κ2) is 61.7. The second-order valence-corrected chi connectivity index (χ2v) is 22.4. The monoisotopic (exact) mass is 1010 g/mol. The van der Waals surface area contributed by atoms with Crippen LogP contribution in [0.4, 0.5) is 0 Å². The topological polar surface area (TPSA) is 78.9 Å². The number of carbonyl (C=O) groups excluding carboxylic acids is 3. The SMILES string of the molecule is CCCCC/C=C\CCCCCCCC(=O)OC(COC(=O)CCCCCCCCCCCC)COC(=O)CCCCCCCCCCCCCCCCCCCCCCCCCCCCCCCCCC. The first-order valence-corrected chi connectivity index (χ1v) is 32.7. The van der Waals surface area contributed by atoms with Crippen LogP contribution in [0, 0.1) is 0 Å². The summed E-state index contributed by atoms with van der Waals surface area (Å²) in [6.45, 7) is 6.66. The molecule has 0 saturated carbocycles. The molecule has 0 aliphatic rings. The Bertz CT molecular complexity index is 1120. The van der Waals surface area contributed by atoms with Crippen LogP contribution in [-0.4, -0.2) is 37.2 Å². The number of unbranched alkanes of at least 4 members (excludes halogenated alkanes) is 48. The summed E-state index contributed by atoms with van der Waals surface area (Å²) in [4.78, 5) is 38.1. The van der Waals surface area contributed by atoms with Crippen LogP contribution in [0.2, 0.25) is 0 Å². The molecule has 0 N–H and O–H groups in total. The Balaban J connectivity index is 3.96. The second-order valence-electron chi connectivity index (χ2n) is 22.4. The van der Waals surface area contributed by atoms with Crippen molar-refractivity contribution in [1.82, 2.24) is 0 Å². The van der Waals surface area contributed by atoms with Gasteiger partial charge in [0, 0.05) is 19.3 Å². The van der Waals surface area contributed by atoms with Gasteiger partial charge in [0.2, 0.25) is 0 Å². The van der Waals surface area contributed by atoms with E-state index in [4.69, 9.17) is 14.2 Å². The number of hydrogen-bond donors (Lipinski definition) is 0. The van der Waals surface area contributed by atoms with Crippen LogP contribution in [0.3, 0.4) is 0 Å². The summed E-state index contributed by atoms with van der Waals surface area (Å²) in [7, 11) is 0. The normalized spacial score (nSPS) is 12.0. The number of rotatable bonds is 61. The zero-order valence-corrected chi connectivity index (χ0v) is 49.0. The first kappa shape index (κ1) is 70.1. The summed E-state index contributed by atoms with van der Waals surface area (Å²) in [6, 6.07) is 0. The molecular formula is C66H126O6. The highest BCUT2D eigenvalue weighted by molar-refractivity contribution is 5.71. The van der Waals surface area contributed by atoms with Crippen molar-refractivity contribution in [3.8, 4) is 0 Å². The molecule has 0 rings (SSSR count). The molecule has 6 heteroatoms. The number of ether oxygens (including phenoxy) is 3. The lowest BCUT2D eigenvalue weighted by atomic mass is 10.0. The molecule has 0 saturated heterocycles. The molecular weight excluding hydrogens is 889 g/mol. The van der Waals surface area contributed by atoms with Crippen molar-refractivity contribution in [1.29, 1.82) is 0 Å². The van der Waals surface area contributed by atoms with Crippen LogP contribution >= 0.6 is 0 Å². The van der Waals surface area contributed by atoms with Crippen molar-refractivity contribution in [2.24, 2.45) is 0 Å². The third kappa shape index (κ3) is 59.0. The highest BCUT2D eigenvalue weighted by Gasteiger charge is 2.19. The van der Waals surface area contributed by atoms with Gasteiger partial charge >= 0.3 is 17.9 Å². The van der Waals surface area contributed by atoms with E-state index in [1.54, 1.807) is 0 Å². The Morgan fingerprint density at radius 1 is 0.264 bits per heavy atom. The maximum Gasteiger partial charge on any atom is 0.306 e. The van der Waals surface area contributed by atoms with Crippen LogP contribution in [0.5, 0.6) is 0 Å². The molecule has 0 aliphatic heterocycles. The summed E-state index contributed by atoms with van der Waals surface area (Å²) in [5, 5.41) is 0. The van der Waals surface area contributed by atoms with Gasteiger partial charge in [-0.1, -0.05) is 322 Å². The summed E-state index contributed by atoms with van der Waals surface area (Å²) in [5.41, 5.74) is 0. The fourth-order valence-electron chi connectivity index (χ4n) is 10.1. The van der Waals surface area contributed by atoms with E-state index in [0.717, 1.165) is 64.2 Å². The molecule has 0 aromatic heterocycles. The number of carbonyl (C=O) groups is 3. The molecule has 0 heterocycles. The Morgan fingerprint density at radius 3 is 0.722 bits per heavy atom. The van der Waals surface area contributed by atoms with Crippen molar-refractivity contribution in [3.05, 3.63) is 12.2 Å². The van der Waals surface area contributed by atoms with E-state index in [1.165, 1.54) is 270 Å². The molecule has 426 valence electrons. The molecule has 6 nitrogen and oxygen atoms in total. The fraction of sp³-hybridized carbons (Fsp3) is 0.924. The summed E-state index contributed by atoms with van der Waals surface area (Å²) >= 11 is 0. The van der Waals surface area contributed by atoms with E-state index in [2.05, 4.69) is 32.9 Å². The number of esters is 3. The third-order valence-corrected chi connectivity index (χ3v) is 15.0. The zero-order chi connectivity index (χ0) is 52.2. The van der Waals surface area contributed by atoms with Crippen LogP contribution in [0.1, 0.15) is 374 Å². The highest BCUT2D eigenvalue weighted by Crippen LogP contribution is 2.18. The van der Waals surface area contributed by atoms with E-state index < -0.39 is 6.10 Å². The molecule has 72 heavy (non-hydrogen) atoms. The van der Waals surface area contributed by atoms with Crippen molar-refractivity contribution < 1.29 is 28.6 Å². The molecule has 1 unspecified atom stereocenters. The van der Waals surface area contributed by atoms with E-state index in [0.29, 0.717) is 19.3 Å². The van der Waals surface area contributed by atoms with Gasteiger partial charge in [0.25, 0.3) is 0 Å². The minimum Gasteiger partial charge on any atom is -0.462 e. The minimum atomic E-state index is -0.768. The van der Waals surface area contributed by atoms with Gasteiger partial charge in [0.1, 0.15) is 13.2 Å². The smallest absolute Gasteiger partial charge is 0.306 e. The van der Waals surface area contributed by atoms with Crippen molar-refractivity contribution in [3.63, 3.8) is 0 Å². The maximum absolute atomic E-state index is 12.8. The summed E-state index contributed by atoms with van der Waals surface area (Å²) in [5.74, 6) is -0.855. The van der Waals surface area contributed by atoms with Gasteiger partial charge < -0.3 is 14.2 Å². The van der Waals surface area contributed by atoms with Gasteiger partial charge in [-0.15, -0.1) is 0 Å². The van der Waals surface area contributed by atoms with E-state index in [-0.39, 0.29) is 31.1 Å². The third-order valence-electron chi connectivity index (χ3n) is 15.0. The Labute approximate surface area is 450 Å². The Hall–Kier alpha value is -1.85. The maximum atomic E-state index is 12.8. The highest BCUT2D eigenvalue weighted by atomic mass is 16.6. The molecule has 0 amide bonds. The van der Waals surface area contributed by atoms with Gasteiger partial charge in [0.15, 0.2) is 6.10 Å². The van der Waals surface area contributed by atoms with Gasteiger partial charge in [-0.3, -0.25) is 14.4 Å². The number of allylic oxidation sites excluding steroid dienone is 2. The summed E-state index contributed by atoms with van der Waals surface area (Å²) < 4.78 is 16.9. The number of hydrogen-bond acceptors (Lipinski definition) is 6. The molecule has 1 atom stereocenters. The molecule has 0 radical (unpaired) electrons. The van der Waals surface area contributed by atoms with Crippen LogP contribution in [-0.2, 0) is 28.6 Å². The summed E-state index contributed by atoms with van der Waals surface area (Å²) in [6.07, 6.45) is 72.6. The van der Waals surface area contributed by atoms with Gasteiger partial charge in [-0.25, -0.2) is 0 Å². The average Bonchev–Trinajstić information content (AvgIpc) is 3.38. The van der Waals surface area contributed by atoms with E-state index in [1.807, 2.05) is 0 Å². The quantitative estimate of drug-likeness (QED) is 0.0261. The van der Waals surface area contributed by atoms with Crippen LogP contribution < -0.4 is 0 Å². The van der Waals surface area contributed by atoms with Gasteiger partial charge in [0.05, 0.1) is 0 Å². The van der Waals surface area contributed by atoms with Gasteiger partial charge in [-0.2, -0.15) is 0 Å². The van der Waals surface area contributed by atoms with E-state index in [9.17, 15) is 14.4 Å². The zero-order valence-electron chi connectivity index (χ0n) is 49.0. The molecule has 0 aliphatic carbocycles. The molecule has 0 aromatic carbocycles. The van der Waals surface area contributed by atoms with Gasteiger partial charge in [-0.05, 0) is 44.9 Å². The van der Waals surface area contributed by atoms with Crippen molar-refractivity contribution in [2.45, 2.75) is 380 Å². The average molecular weight is 1020 g/mol. The molecule has 0 fully saturated rings. The predicted molar refractivity (Wildman–Crippen MR) is 312 cm³/mol. The van der Waals surface area contributed by atoms with Crippen LogP contribution in [0.25, 0.3) is 0 Å². The predicted octanol–water partition coefficient (Wildman–Crippen LogP) is 22.1. The molecule has 0 aromatic rings. The van der Waals surface area contributed by atoms with E-state index >= 15 is 0 Å². The first-order chi connectivity index (χ1) is 35.5. The lowest BCUT2D eigenvalue weighted by molar-refractivity contribution is -0.167. The first-order valence-electron chi connectivity index (χ1n) is 32.7. The lowest BCUT2D eigenvalue weighted by Gasteiger charge is -2.18. The lowest BCUT2D eigenvalue weighted by Crippen LogP contribution is -2.30. The minimum absolute atomic E-state index is 0.0678. The van der Waals surface area contributed by atoms with Crippen molar-refractivity contribution >= 4 is 17.9 Å². The fourth-order valence-corrected chi connectivity index (χ4v) is 10.1. The Kier molecular flexibility index (Phi) is 60.1.